The summed E-state index contributed by atoms with van der Waals surface area (Å²) < 4.78 is 27.4. The van der Waals surface area contributed by atoms with E-state index in [4.69, 9.17) is 0 Å². The van der Waals surface area contributed by atoms with Crippen molar-refractivity contribution in [2.45, 2.75) is 28.6 Å². The maximum atomic E-state index is 12.6. The summed E-state index contributed by atoms with van der Waals surface area (Å²) in [5, 5.41) is 12.2. The standard InChI is InChI=1S/C21H22N4O3S3/c26-19(17-8-10-18(11-9-17)31(27,28)25-12-4-5-13-25)15-29-21-24-23-20(30-21)22-14-16-6-2-1-3-7-16/h1-3,6-11H,4-5,12-15H2,(H,22,23). The molecule has 1 aliphatic rings. The molecule has 10 heteroatoms. The maximum absolute atomic E-state index is 12.6. The van der Waals surface area contributed by atoms with Gasteiger partial charge >= 0.3 is 0 Å². The lowest BCUT2D eigenvalue weighted by molar-refractivity contribution is 0.102. The van der Waals surface area contributed by atoms with Crippen LogP contribution in [0, 0.1) is 0 Å². The van der Waals surface area contributed by atoms with Crippen molar-refractivity contribution in [2.75, 3.05) is 24.2 Å². The van der Waals surface area contributed by atoms with Crippen LogP contribution in [0.5, 0.6) is 0 Å². The molecule has 3 aromatic rings. The summed E-state index contributed by atoms with van der Waals surface area (Å²) in [7, 11) is -3.47. The fraction of sp³-hybridized carbons (Fsp3) is 0.286. The van der Waals surface area contributed by atoms with Crippen molar-refractivity contribution in [1.82, 2.24) is 14.5 Å². The minimum Gasteiger partial charge on any atom is -0.356 e. The maximum Gasteiger partial charge on any atom is 0.243 e. The number of carbonyl (C=O) groups is 1. The third-order valence-electron chi connectivity index (χ3n) is 4.90. The number of ketones is 1. The molecule has 7 nitrogen and oxygen atoms in total. The summed E-state index contributed by atoms with van der Waals surface area (Å²) >= 11 is 2.73. The Balaban J connectivity index is 1.30. The van der Waals surface area contributed by atoms with E-state index in [1.54, 1.807) is 12.1 Å². The number of carbonyl (C=O) groups excluding carboxylic acids is 1. The SMILES string of the molecule is O=C(CSc1nnc(NCc2ccccc2)s1)c1ccc(S(=O)(=O)N2CCCC2)cc1. The molecule has 1 fully saturated rings. The van der Waals surface area contributed by atoms with E-state index >= 15 is 0 Å². The Morgan fingerprint density at radius 3 is 2.45 bits per heavy atom. The lowest BCUT2D eigenvalue weighted by Gasteiger charge is -2.15. The molecule has 0 saturated carbocycles. The van der Waals surface area contributed by atoms with Gasteiger partial charge < -0.3 is 5.32 Å². The van der Waals surface area contributed by atoms with Crippen LogP contribution >= 0.6 is 23.1 Å². The zero-order chi connectivity index (χ0) is 21.7. The topological polar surface area (TPSA) is 92.3 Å². The molecular weight excluding hydrogens is 452 g/mol. The van der Waals surface area contributed by atoms with Crippen molar-refractivity contribution in [3.8, 4) is 0 Å². The van der Waals surface area contributed by atoms with Gasteiger partial charge in [0, 0.05) is 25.2 Å². The fourth-order valence-corrected chi connectivity index (χ4v) is 6.37. The van der Waals surface area contributed by atoms with E-state index in [2.05, 4.69) is 15.5 Å². The van der Waals surface area contributed by atoms with E-state index in [9.17, 15) is 13.2 Å². The Hall–Kier alpha value is -2.27. The van der Waals surface area contributed by atoms with Gasteiger partial charge in [-0.15, -0.1) is 10.2 Å². The van der Waals surface area contributed by atoms with Crippen molar-refractivity contribution >= 4 is 44.0 Å². The Morgan fingerprint density at radius 2 is 1.74 bits per heavy atom. The molecule has 1 aliphatic heterocycles. The zero-order valence-electron chi connectivity index (χ0n) is 16.7. The Bertz CT molecular complexity index is 1130. The number of rotatable bonds is 9. The van der Waals surface area contributed by atoms with E-state index in [-0.39, 0.29) is 16.4 Å². The molecule has 0 spiro atoms. The zero-order valence-corrected chi connectivity index (χ0v) is 19.2. The summed E-state index contributed by atoms with van der Waals surface area (Å²) in [5.41, 5.74) is 1.64. The average Bonchev–Trinajstić information content (AvgIpc) is 3.49. The number of benzene rings is 2. The summed E-state index contributed by atoms with van der Waals surface area (Å²) in [5.74, 6) is 0.134. The largest absolute Gasteiger partial charge is 0.356 e. The number of hydrogen-bond acceptors (Lipinski definition) is 8. The van der Waals surface area contributed by atoms with Crippen LogP contribution in [0.15, 0.2) is 63.8 Å². The Morgan fingerprint density at radius 1 is 1.03 bits per heavy atom. The summed E-state index contributed by atoms with van der Waals surface area (Å²) in [6.07, 6.45) is 1.78. The van der Waals surface area contributed by atoms with Gasteiger partial charge in [-0.3, -0.25) is 4.79 Å². The van der Waals surface area contributed by atoms with Crippen molar-refractivity contribution < 1.29 is 13.2 Å². The van der Waals surface area contributed by atoms with Gasteiger partial charge in [0.25, 0.3) is 0 Å². The number of hydrogen-bond donors (Lipinski definition) is 1. The molecule has 0 amide bonds. The molecule has 0 unspecified atom stereocenters. The second kappa shape index (κ2) is 9.90. The van der Waals surface area contributed by atoms with E-state index in [0.29, 0.717) is 34.7 Å². The molecule has 1 aromatic heterocycles. The summed E-state index contributed by atoms with van der Waals surface area (Å²) in [4.78, 5) is 12.7. The van der Waals surface area contributed by atoms with E-state index in [0.717, 1.165) is 18.4 Å². The van der Waals surface area contributed by atoms with Gasteiger partial charge in [0.05, 0.1) is 10.6 Å². The molecule has 1 saturated heterocycles. The van der Waals surface area contributed by atoms with Gasteiger partial charge in [0.15, 0.2) is 10.1 Å². The second-order valence-corrected chi connectivity index (χ2v) is 11.2. The number of nitrogens with one attached hydrogen (secondary N) is 1. The molecule has 0 radical (unpaired) electrons. The highest BCUT2D eigenvalue weighted by Crippen LogP contribution is 2.27. The van der Waals surface area contributed by atoms with Crippen LogP contribution in [0.25, 0.3) is 0 Å². The lowest BCUT2D eigenvalue weighted by atomic mass is 10.1. The van der Waals surface area contributed by atoms with Crippen molar-refractivity contribution in [1.29, 1.82) is 0 Å². The predicted molar refractivity (Wildman–Crippen MR) is 123 cm³/mol. The number of thioether (sulfide) groups is 1. The highest BCUT2D eigenvalue weighted by atomic mass is 32.2. The third kappa shape index (κ3) is 5.51. The molecule has 0 bridgehead atoms. The van der Waals surface area contributed by atoms with Gasteiger partial charge in [-0.25, -0.2) is 8.42 Å². The van der Waals surface area contributed by atoms with Gasteiger partial charge in [0.1, 0.15) is 0 Å². The second-order valence-electron chi connectivity index (χ2n) is 7.06. The molecule has 162 valence electrons. The first-order valence-electron chi connectivity index (χ1n) is 9.90. The molecule has 31 heavy (non-hydrogen) atoms. The number of Topliss-reactive ketones (excluding diaryl/α,β-unsaturated/α-hetero) is 1. The van der Waals surface area contributed by atoms with Gasteiger partial charge in [-0.2, -0.15) is 4.31 Å². The molecule has 1 N–H and O–H groups in total. The molecule has 2 aromatic carbocycles. The van der Waals surface area contributed by atoms with Crippen molar-refractivity contribution in [2.24, 2.45) is 0 Å². The van der Waals surface area contributed by atoms with Crippen LogP contribution in [0.2, 0.25) is 0 Å². The molecular formula is C21H22N4O3S3. The highest BCUT2D eigenvalue weighted by molar-refractivity contribution is 8.01. The number of sulfonamides is 1. The average molecular weight is 475 g/mol. The highest BCUT2D eigenvalue weighted by Gasteiger charge is 2.27. The Labute approximate surface area is 189 Å². The minimum absolute atomic E-state index is 0.0795. The predicted octanol–water partition coefficient (Wildman–Crippen LogP) is 3.91. The third-order valence-corrected chi connectivity index (χ3v) is 8.83. The molecule has 2 heterocycles. The van der Waals surface area contributed by atoms with Crippen LogP contribution in [-0.2, 0) is 16.6 Å². The quantitative estimate of drug-likeness (QED) is 0.371. The minimum atomic E-state index is -3.47. The smallest absolute Gasteiger partial charge is 0.243 e. The normalized spacial score (nSPS) is 14.6. The summed E-state index contributed by atoms with van der Waals surface area (Å²) in [6.45, 7) is 1.78. The van der Waals surface area contributed by atoms with Crippen LogP contribution in [0.3, 0.4) is 0 Å². The van der Waals surface area contributed by atoms with Gasteiger partial charge in [-0.05, 0) is 30.5 Å². The van der Waals surface area contributed by atoms with Gasteiger partial charge in [-0.1, -0.05) is 65.6 Å². The van der Waals surface area contributed by atoms with E-state index < -0.39 is 10.0 Å². The van der Waals surface area contributed by atoms with Crippen LogP contribution in [0.4, 0.5) is 5.13 Å². The number of anilines is 1. The number of aromatic nitrogens is 2. The van der Waals surface area contributed by atoms with Gasteiger partial charge in [0.2, 0.25) is 15.2 Å². The molecule has 0 atom stereocenters. The fourth-order valence-electron chi connectivity index (χ4n) is 3.21. The first kappa shape index (κ1) is 21.9. The van der Waals surface area contributed by atoms with E-state index in [1.165, 1.54) is 39.5 Å². The van der Waals surface area contributed by atoms with Crippen molar-refractivity contribution in [3.63, 3.8) is 0 Å². The molecule has 4 rings (SSSR count). The Kier molecular flexibility index (Phi) is 7.01. The summed E-state index contributed by atoms with van der Waals surface area (Å²) in [6, 6.07) is 16.2. The lowest BCUT2D eigenvalue weighted by Crippen LogP contribution is -2.27. The monoisotopic (exact) mass is 474 g/mol. The first-order valence-corrected chi connectivity index (χ1v) is 13.1. The molecule has 0 aliphatic carbocycles. The van der Waals surface area contributed by atoms with Crippen molar-refractivity contribution in [3.05, 3.63) is 65.7 Å². The van der Waals surface area contributed by atoms with Crippen LogP contribution < -0.4 is 5.32 Å². The number of nitrogens with zero attached hydrogens (tertiary/aromatic N) is 3. The van der Waals surface area contributed by atoms with Crippen LogP contribution in [-0.4, -0.2) is 47.5 Å². The first-order chi connectivity index (χ1) is 15.0. The van der Waals surface area contributed by atoms with Crippen LogP contribution in [0.1, 0.15) is 28.8 Å². The van der Waals surface area contributed by atoms with E-state index in [1.807, 2.05) is 30.3 Å².